The predicted octanol–water partition coefficient (Wildman–Crippen LogP) is 6.38. The van der Waals surface area contributed by atoms with Crippen LogP contribution >= 0.6 is 23.4 Å². The van der Waals surface area contributed by atoms with Gasteiger partial charge in [-0.3, -0.25) is 13.9 Å². The Hall–Kier alpha value is -3.21. The van der Waals surface area contributed by atoms with Gasteiger partial charge in [0, 0.05) is 22.0 Å². The standard InChI is InChI=1S/C32H40ClN3O5S2/c1-7-29(31(38)34-32(3,4)5)35(21-23-9-11-24(33)12-10-23)30(37)22-36(25-13-15-26(16-14-25)41-8-2)43(39,40)28-19-17-27(42-6)18-20-28/h9-20,29H,7-8,21-22H2,1-6H3,(H,34,38)/t29-/m1/s1. The highest BCUT2D eigenvalue weighted by atomic mass is 35.5. The molecular weight excluding hydrogens is 606 g/mol. The quantitative estimate of drug-likeness (QED) is 0.217. The second-order valence-electron chi connectivity index (χ2n) is 10.9. The number of carbonyl (C=O) groups excluding carboxylic acids is 2. The molecule has 0 spiro atoms. The molecule has 0 aliphatic heterocycles. The molecule has 0 saturated heterocycles. The molecule has 0 radical (unpaired) electrons. The van der Waals surface area contributed by atoms with Crippen molar-refractivity contribution in [2.24, 2.45) is 0 Å². The number of rotatable bonds is 13. The maximum absolute atomic E-state index is 14.2. The Labute approximate surface area is 264 Å². The molecule has 0 unspecified atom stereocenters. The van der Waals surface area contributed by atoms with Gasteiger partial charge < -0.3 is 15.0 Å². The first-order valence-corrected chi connectivity index (χ1v) is 17.1. The lowest BCUT2D eigenvalue weighted by Gasteiger charge is -2.34. The van der Waals surface area contributed by atoms with E-state index in [1.54, 1.807) is 60.7 Å². The van der Waals surface area contributed by atoms with Gasteiger partial charge in [0.25, 0.3) is 10.0 Å². The number of nitrogens with one attached hydrogen (secondary N) is 1. The van der Waals surface area contributed by atoms with Crippen LogP contribution in [0.1, 0.15) is 46.6 Å². The molecule has 0 aliphatic carbocycles. The number of ether oxygens (including phenoxy) is 1. The first-order chi connectivity index (χ1) is 20.3. The van der Waals surface area contributed by atoms with E-state index >= 15 is 0 Å². The molecule has 1 N–H and O–H groups in total. The van der Waals surface area contributed by atoms with E-state index < -0.39 is 34.1 Å². The Bertz CT molecular complexity index is 1470. The van der Waals surface area contributed by atoms with Crippen LogP contribution < -0.4 is 14.4 Å². The summed E-state index contributed by atoms with van der Waals surface area (Å²) in [5.41, 5.74) is 0.521. The lowest BCUT2D eigenvalue weighted by Crippen LogP contribution is -2.55. The van der Waals surface area contributed by atoms with Gasteiger partial charge in [-0.25, -0.2) is 8.42 Å². The van der Waals surface area contributed by atoms with Crippen molar-refractivity contribution in [3.05, 3.63) is 83.4 Å². The van der Waals surface area contributed by atoms with Gasteiger partial charge in [0.05, 0.1) is 17.2 Å². The molecule has 0 fully saturated rings. The van der Waals surface area contributed by atoms with E-state index in [0.29, 0.717) is 29.5 Å². The largest absolute Gasteiger partial charge is 0.494 e. The summed E-state index contributed by atoms with van der Waals surface area (Å²) < 4.78 is 34.8. The first-order valence-electron chi connectivity index (χ1n) is 14.0. The summed E-state index contributed by atoms with van der Waals surface area (Å²) in [6.45, 7) is 9.30. The van der Waals surface area contributed by atoms with Crippen molar-refractivity contribution in [3.63, 3.8) is 0 Å². The molecule has 43 heavy (non-hydrogen) atoms. The number of halogens is 1. The molecule has 0 aromatic heterocycles. The van der Waals surface area contributed by atoms with Crippen molar-refractivity contribution in [1.82, 2.24) is 10.2 Å². The van der Waals surface area contributed by atoms with E-state index in [0.717, 1.165) is 14.8 Å². The smallest absolute Gasteiger partial charge is 0.264 e. The second-order valence-corrected chi connectivity index (χ2v) is 14.1. The Morgan fingerprint density at radius 1 is 0.953 bits per heavy atom. The van der Waals surface area contributed by atoms with Crippen LogP contribution in [0, 0.1) is 0 Å². The first kappa shape index (κ1) is 34.3. The third kappa shape index (κ3) is 9.39. The zero-order valence-electron chi connectivity index (χ0n) is 25.5. The number of thioether (sulfide) groups is 1. The number of carbonyl (C=O) groups is 2. The SMILES string of the molecule is CCOc1ccc(N(CC(=O)N(Cc2ccc(Cl)cc2)[C@H](CC)C(=O)NC(C)(C)C)S(=O)(=O)c2ccc(SC)cc2)cc1. The normalized spacial score (nSPS) is 12.3. The molecule has 2 amide bonds. The fraction of sp³-hybridized carbons (Fsp3) is 0.375. The number of nitrogens with zero attached hydrogens (tertiary/aromatic N) is 2. The van der Waals surface area contributed by atoms with Crippen molar-refractivity contribution >= 4 is 50.9 Å². The third-order valence-electron chi connectivity index (χ3n) is 6.51. The van der Waals surface area contributed by atoms with Crippen LogP contribution in [-0.4, -0.2) is 56.1 Å². The molecule has 8 nitrogen and oxygen atoms in total. The van der Waals surface area contributed by atoms with E-state index in [2.05, 4.69) is 5.32 Å². The topological polar surface area (TPSA) is 96.0 Å². The van der Waals surface area contributed by atoms with Crippen molar-refractivity contribution in [1.29, 1.82) is 0 Å². The molecule has 11 heteroatoms. The molecule has 0 bridgehead atoms. The van der Waals surface area contributed by atoms with Crippen LogP contribution in [0.3, 0.4) is 0 Å². The van der Waals surface area contributed by atoms with E-state index in [1.807, 2.05) is 40.9 Å². The number of anilines is 1. The Morgan fingerprint density at radius 3 is 2.07 bits per heavy atom. The molecule has 0 aliphatic rings. The maximum atomic E-state index is 14.2. The molecule has 3 rings (SSSR count). The molecule has 232 valence electrons. The van der Waals surface area contributed by atoms with E-state index in [9.17, 15) is 18.0 Å². The van der Waals surface area contributed by atoms with Gasteiger partial charge in [0.15, 0.2) is 0 Å². The fourth-order valence-corrected chi connectivity index (χ4v) is 6.39. The average molecular weight is 646 g/mol. The predicted molar refractivity (Wildman–Crippen MR) is 174 cm³/mol. The van der Waals surface area contributed by atoms with Gasteiger partial charge in [-0.15, -0.1) is 11.8 Å². The lowest BCUT2D eigenvalue weighted by molar-refractivity contribution is -0.141. The van der Waals surface area contributed by atoms with Crippen LogP contribution in [-0.2, 0) is 26.2 Å². The van der Waals surface area contributed by atoms with E-state index in [4.69, 9.17) is 16.3 Å². The highest BCUT2D eigenvalue weighted by molar-refractivity contribution is 7.98. The monoisotopic (exact) mass is 645 g/mol. The van der Waals surface area contributed by atoms with Crippen LogP contribution in [0.15, 0.2) is 82.6 Å². The lowest BCUT2D eigenvalue weighted by atomic mass is 10.1. The zero-order valence-corrected chi connectivity index (χ0v) is 27.9. The third-order valence-corrected chi connectivity index (χ3v) is 9.30. The minimum absolute atomic E-state index is 0.0498. The Kier molecular flexibility index (Phi) is 12.0. The summed E-state index contributed by atoms with van der Waals surface area (Å²) in [6.07, 6.45) is 2.23. The summed E-state index contributed by atoms with van der Waals surface area (Å²) in [4.78, 5) is 30.0. The van der Waals surface area contributed by atoms with Gasteiger partial charge in [-0.2, -0.15) is 0 Å². The Morgan fingerprint density at radius 2 is 1.56 bits per heavy atom. The molecular formula is C32H40ClN3O5S2. The van der Waals surface area contributed by atoms with Crippen molar-refractivity contribution in [2.75, 3.05) is 23.7 Å². The van der Waals surface area contributed by atoms with E-state index in [-0.39, 0.29) is 17.3 Å². The minimum Gasteiger partial charge on any atom is -0.494 e. The van der Waals surface area contributed by atoms with Gasteiger partial charge in [-0.1, -0.05) is 30.7 Å². The number of amides is 2. The number of hydrogen-bond donors (Lipinski definition) is 1. The molecule has 0 heterocycles. The minimum atomic E-state index is -4.18. The van der Waals surface area contributed by atoms with Crippen LogP contribution in [0.5, 0.6) is 5.75 Å². The van der Waals surface area contributed by atoms with Crippen molar-refractivity contribution in [2.45, 2.75) is 69.0 Å². The molecule has 3 aromatic carbocycles. The van der Waals surface area contributed by atoms with Crippen LogP contribution in [0.4, 0.5) is 5.69 Å². The van der Waals surface area contributed by atoms with Crippen LogP contribution in [0.25, 0.3) is 0 Å². The van der Waals surface area contributed by atoms with Gasteiger partial charge >= 0.3 is 0 Å². The van der Waals surface area contributed by atoms with Gasteiger partial charge in [0.2, 0.25) is 11.8 Å². The van der Waals surface area contributed by atoms with Crippen molar-refractivity contribution < 1.29 is 22.7 Å². The summed E-state index contributed by atoms with van der Waals surface area (Å²) in [5, 5.41) is 3.51. The molecule has 3 aromatic rings. The highest BCUT2D eigenvalue weighted by Crippen LogP contribution is 2.28. The number of hydrogen-bond acceptors (Lipinski definition) is 6. The van der Waals surface area contributed by atoms with Gasteiger partial charge in [-0.05, 0) is 107 Å². The van der Waals surface area contributed by atoms with E-state index in [1.165, 1.54) is 28.8 Å². The second kappa shape index (κ2) is 15.0. The summed E-state index contributed by atoms with van der Waals surface area (Å²) in [7, 11) is -4.18. The summed E-state index contributed by atoms with van der Waals surface area (Å²) >= 11 is 7.59. The van der Waals surface area contributed by atoms with Gasteiger partial charge in [0.1, 0.15) is 18.3 Å². The number of benzene rings is 3. The highest BCUT2D eigenvalue weighted by Gasteiger charge is 2.34. The van der Waals surface area contributed by atoms with Crippen LogP contribution in [0.2, 0.25) is 5.02 Å². The molecule has 1 atom stereocenters. The zero-order chi connectivity index (χ0) is 31.8. The summed E-state index contributed by atoms with van der Waals surface area (Å²) in [6, 6.07) is 19.2. The Balaban J connectivity index is 2.07. The fourth-order valence-electron chi connectivity index (χ4n) is 4.44. The average Bonchev–Trinajstić information content (AvgIpc) is 2.96. The summed E-state index contributed by atoms with van der Waals surface area (Å²) in [5.74, 6) is -0.266. The molecule has 0 saturated carbocycles. The number of sulfonamides is 1. The van der Waals surface area contributed by atoms with Crippen molar-refractivity contribution in [3.8, 4) is 5.75 Å². The maximum Gasteiger partial charge on any atom is 0.264 e.